The van der Waals surface area contributed by atoms with Gasteiger partial charge in [-0.2, -0.15) is 0 Å². The molecule has 1 aliphatic heterocycles. The summed E-state index contributed by atoms with van der Waals surface area (Å²) < 4.78 is 18.7. The number of amides is 1. The molecular formula is C21H25FN2O3. The van der Waals surface area contributed by atoms with Crippen LogP contribution in [0.3, 0.4) is 0 Å². The van der Waals surface area contributed by atoms with Gasteiger partial charge in [-0.15, -0.1) is 0 Å². The minimum atomic E-state index is -0.663. The molecule has 2 atom stereocenters. The molecule has 0 saturated heterocycles. The second-order valence-corrected chi connectivity index (χ2v) is 6.73. The number of methoxy groups -OCH3 is 1. The van der Waals surface area contributed by atoms with Gasteiger partial charge in [-0.1, -0.05) is 36.4 Å². The quantitative estimate of drug-likeness (QED) is 0.779. The van der Waals surface area contributed by atoms with Gasteiger partial charge in [0, 0.05) is 20.2 Å². The van der Waals surface area contributed by atoms with E-state index >= 15 is 0 Å². The molecule has 2 aromatic rings. The highest BCUT2D eigenvalue weighted by atomic mass is 19.1. The molecule has 1 unspecified atom stereocenters. The summed E-state index contributed by atoms with van der Waals surface area (Å²) in [6.45, 7) is 1.16. The second kappa shape index (κ2) is 9.08. The third kappa shape index (κ3) is 4.71. The summed E-state index contributed by atoms with van der Waals surface area (Å²) in [5, 5.41) is 12.7. The van der Waals surface area contributed by atoms with E-state index in [-0.39, 0.29) is 37.5 Å². The SMILES string of the molecule is COC[C@@H](O)CNCC(=O)N1CCc2ccccc2C1c1cccc(F)c1. The largest absolute Gasteiger partial charge is 0.389 e. The highest BCUT2D eigenvalue weighted by Gasteiger charge is 2.31. The average Bonchev–Trinajstić information content (AvgIpc) is 2.67. The molecule has 0 radical (unpaired) electrons. The van der Waals surface area contributed by atoms with Crippen LogP contribution >= 0.6 is 0 Å². The number of rotatable bonds is 7. The molecule has 1 amide bonds. The number of ether oxygens (including phenoxy) is 1. The number of aliphatic hydroxyl groups excluding tert-OH is 1. The minimum absolute atomic E-state index is 0.0802. The first-order chi connectivity index (χ1) is 13.1. The van der Waals surface area contributed by atoms with E-state index in [2.05, 4.69) is 11.4 Å². The summed E-state index contributed by atoms with van der Waals surface area (Å²) >= 11 is 0. The summed E-state index contributed by atoms with van der Waals surface area (Å²) in [4.78, 5) is 14.7. The lowest BCUT2D eigenvalue weighted by Gasteiger charge is -2.38. The normalized spacial score (nSPS) is 17.4. The van der Waals surface area contributed by atoms with Crippen molar-refractivity contribution in [3.8, 4) is 0 Å². The molecule has 2 aromatic carbocycles. The van der Waals surface area contributed by atoms with E-state index in [1.807, 2.05) is 24.3 Å². The van der Waals surface area contributed by atoms with Crippen molar-refractivity contribution in [3.05, 3.63) is 71.0 Å². The topological polar surface area (TPSA) is 61.8 Å². The molecule has 5 nitrogen and oxygen atoms in total. The van der Waals surface area contributed by atoms with E-state index in [9.17, 15) is 14.3 Å². The standard InChI is InChI=1S/C21H25FN2O3/c1-27-14-18(25)12-23-13-20(26)24-10-9-15-5-2-3-8-19(15)21(24)16-6-4-7-17(22)11-16/h2-8,11,18,21,23,25H,9-10,12-14H2,1H3/t18-,21?/m0/s1. The maximum atomic E-state index is 13.8. The summed E-state index contributed by atoms with van der Waals surface area (Å²) in [6, 6.07) is 14.1. The van der Waals surface area contributed by atoms with Gasteiger partial charge in [-0.05, 0) is 35.2 Å². The predicted molar refractivity (Wildman–Crippen MR) is 101 cm³/mol. The number of hydrogen-bond acceptors (Lipinski definition) is 4. The summed E-state index contributed by atoms with van der Waals surface area (Å²) in [7, 11) is 1.52. The Balaban J connectivity index is 1.80. The Kier molecular flexibility index (Phi) is 6.55. The number of halogens is 1. The number of aliphatic hydroxyl groups is 1. The third-order valence-corrected chi connectivity index (χ3v) is 4.78. The first kappa shape index (κ1) is 19.5. The average molecular weight is 372 g/mol. The zero-order valence-corrected chi connectivity index (χ0v) is 15.4. The van der Waals surface area contributed by atoms with E-state index in [1.165, 1.54) is 24.8 Å². The third-order valence-electron chi connectivity index (χ3n) is 4.78. The van der Waals surface area contributed by atoms with Crippen molar-refractivity contribution in [1.82, 2.24) is 10.2 Å². The van der Waals surface area contributed by atoms with Crippen molar-refractivity contribution in [2.75, 3.05) is 33.4 Å². The van der Waals surface area contributed by atoms with Crippen LogP contribution in [0.4, 0.5) is 4.39 Å². The predicted octanol–water partition coefficient (Wildman–Crippen LogP) is 1.90. The molecule has 0 aliphatic carbocycles. The Morgan fingerprint density at radius 1 is 1.33 bits per heavy atom. The molecule has 0 spiro atoms. The van der Waals surface area contributed by atoms with Crippen molar-refractivity contribution in [1.29, 1.82) is 0 Å². The van der Waals surface area contributed by atoms with E-state index in [4.69, 9.17) is 4.74 Å². The van der Waals surface area contributed by atoms with E-state index in [0.29, 0.717) is 6.54 Å². The van der Waals surface area contributed by atoms with Crippen molar-refractivity contribution >= 4 is 5.91 Å². The highest BCUT2D eigenvalue weighted by molar-refractivity contribution is 5.79. The molecule has 1 aliphatic rings. The zero-order valence-electron chi connectivity index (χ0n) is 15.4. The number of nitrogens with one attached hydrogen (secondary N) is 1. The van der Waals surface area contributed by atoms with E-state index in [0.717, 1.165) is 17.5 Å². The molecule has 0 aromatic heterocycles. The molecule has 0 bridgehead atoms. The van der Waals surface area contributed by atoms with Gasteiger partial charge in [0.2, 0.25) is 5.91 Å². The van der Waals surface area contributed by atoms with Crippen LogP contribution in [0, 0.1) is 5.82 Å². The van der Waals surface area contributed by atoms with Crippen LogP contribution in [0.1, 0.15) is 22.7 Å². The van der Waals surface area contributed by atoms with Crippen LogP contribution in [0.25, 0.3) is 0 Å². The Morgan fingerprint density at radius 3 is 2.93 bits per heavy atom. The lowest BCUT2D eigenvalue weighted by Crippen LogP contribution is -2.45. The fourth-order valence-corrected chi connectivity index (χ4v) is 3.57. The molecule has 2 N–H and O–H groups in total. The Bertz CT molecular complexity index is 784. The minimum Gasteiger partial charge on any atom is -0.389 e. The molecule has 144 valence electrons. The number of carbonyl (C=O) groups is 1. The molecule has 6 heteroatoms. The number of carbonyl (C=O) groups excluding carboxylic acids is 1. The Hall–Kier alpha value is -2.28. The van der Waals surface area contributed by atoms with Gasteiger partial charge in [0.05, 0.1) is 25.3 Å². The number of fused-ring (bicyclic) bond motifs is 1. The smallest absolute Gasteiger partial charge is 0.237 e. The summed E-state index contributed by atoms with van der Waals surface area (Å²) in [5.74, 6) is -0.396. The summed E-state index contributed by atoms with van der Waals surface area (Å²) in [6.07, 6.45) is 0.101. The Morgan fingerprint density at radius 2 is 2.15 bits per heavy atom. The van der Waals surface area contributed by atoms with Crippen LogP contribution in [-0.2, 0) is 16.0 Å². The van der Waals surface area contributed by atoms with Crippen molar-refractivity contribution in [3.63, 3.8) is 0 Å². The first-order valence-corrected chi connectivity index (χ1v) is 9.10. The van der Waals surface area contributed by atoms with Crippen LogP contribution < -0.4 is 5.32 Å². The van der Waals surface area contributed by atoms with Crippen molar-refractivity contribution in [2.45, 2.75) is 18.6 Å². The van der Waals surface area contributed by atoms with Crippen molar-refractivity contribution < 1.29 is 19.0 Å². The van der Waals surface area contributed by atoms with Gasteiger partial charge in [0.25, 0.3) is 0 Å². The highest BCUT2D eigenvalue weighted by Crippen LogP contribution is 2.35. The first-order valence-electron chi connectivity index (χ1n) is 9.10. The van der Waals surface area contributed by atoms with Gasteiger partial charge in [0.15, 0.2) is 0 Å². The molecule has 27 heavy (non-hydrogen) atoms. The number of benzene rings is 2. The molecule has 0 saturated carbocycles. The van der Waals surface area contributed by atoms with E-state index in [1.54, 1.807) is 11.0 Å². The molecule has 1 heterocycles. The zero-order chi connectivity index (χ0) is 19.2. The molecular weight excluding hydrogens is 347 g/mol. The molecule has 0 fully saturated rings. The van der Waals surface area contributed by atoms with Crippen LogP contribution in [0.5, 0.6) is 0 Å². The van der Waals surface area contributed by atoms with Gasteiger partial charge >= 0.3 is 0 Å². The number of hydrogen-bond donors (Lipinski definition) is 2. The lowest BCUT2D eigenvalue weighted by atomic mass is 9.88. The van der Waals surface area contributed by atoms with Gasteiger partial charge in [-0.25, -0.2) is 4.39 Å². The van der Waals surface area contributed by atoms with Crippen LogP contribution in [0.15, 0.2) is 48.5 Å². The number of nitrogens with zero attached hydrogens (tertiary/aromatic N) is 1. The second-order valence-electron chi connectivity index (χ2n) is 6.73. The monoisotopic (exact) mass is 372 g/mol. The maximum Gasteiger partial charge on any atom is 0.237 e. The van der Waals surface area contributed by atoms with Gasteiger partial charge in [0.1, 0.15) is 5.82 Å². The van der Waals surface area contributed by atoms with Crippen LogP contribution in [-0.4, -0.2) is 55.4 Å². The fraction of sp³-hybridized carbons (Fsp3) is 0.381. The van der Waals surface area contributed by atoms with Crippen molar-refractivity contribution in [2.24, 2.45) is 0 Å². The van der Waals surface area contributed by atoms with Crippen LogP contribution in [0.2, 0.25) is 0 Å². The Labute approximate surface area is 158 Å². The van der Waals surface area contributed by atoms with Gasteiger partial charge in [-0.3, -0.25) is 4.79 Å². The van der Waals surface area contributed by atoms with Gasteiger partial charge < -0.3 is 20.1 Å². The maximum absolute atomic E-state index is 13.8. The molecule has 3 rings (SSSR count). The summed E-state index contributed by atoms with van der Waals surface area (Å²) in [5.41, 5.74) is 2.97. The fourth-order valence-electron chi connectivity index (χ4n) is 3.57. The lowest BCUT2D eigenvalue weighted by molar-refractivity contribution is -0.132. The van der Waals surface area contributed by atoms with E-state index < -0.39 is 6.10 Å².